The first-order valence-corrected chi connectivity index (χ1v) is 7.00. The molecule has 1 N–H and O–H groups in total. The minimum absolute atomic E-state index is 0.114. The van der Waals surface area contributed by atoms with E-state index in [0.29, 0.717) is 12.0 Å². The summed E-state index contributed by atoms with van der Waals surface area (Å²) in [5.41, 5.74) is 1.14. The van der Waals surface area contributed by atoms with E-state index >= 15 is 0 Å². The second-order valence-electron chi connectivity index (χ2n) is 5.47. The van der Waals surface area contributed by atoms with Gasteiger partial charge in [0.15, 0.2) is 0 Å². The molecule has 0 saturated carbocycles. The van der Waals surface area contributed by atoms with Crippen LogP contribution in [0.3, 0.4) is 0 Å². The molecule has 0 aliphatic carbocycles. The summed E-state index contributed by atoms with van der Waals surface area (Å²) in [7, 11) is 0. The van der Waals surface area contributed by atoms with Crippen LogP contribution in [0, 0.1) is 5.92 Å². The van der Waals surface area contributed by atoms with Crippen molar-refractivity contribution in [2.45, 2.75) is 45.8 Å². The Balaban J connectivity index is 2.21. The molecule has 2 atom stereocenters. The van der Waals surface area contributed by atoms with E-state index in [9.17, 15) is 0 Å². The number of morpholine rings is 1. The molecule has 2 aliphatic rings. The first kappa shape index (κ1) is 13.6. The molecule has 3 nitrogen and oxygen atoms in total. The summed E-state index contributed by atoms with van der Waals surface area (Å²) < 4.78 is 11.8. The molecule has 0 spiro atoms. The van der Waals surface area contributed by atoms with E-state index in [1.807, 2.05) is 6.92 Å². The van der Waals surface area contributed by atoms with Gasteiger partial charge in [-0.1, -0.05) is 19.9 Å². The Morgan fingerprint density at radius 1 is 1.56 bits per heavy atom. The van der Waals surface area contributed by atoms with E-state index in [1.165, 1.54) is 5.57 Å². The van der Waals surface area contributed by atoms with Gasteiger partial charge < -0.3 is 14.8 Å². The molecule has 2 saturated heterocycles. The van der Waals surface area contributed by atoms with Crippen LogP contribution in [0.4, 0.5) is 0 Å². The third kappa shape index (κ3) is 2.47. The van der Waals surface area contributed by atoms with Crippen molar-refractivity contribution in [3.63, 3.8) is 0 Å². The number of ether oxygens (including phenoxy) is 2. The van der Waals surface area contributed by atoms with Crippen molar-refractivity contribution in [2.24, 2.45) is 5.92 Å². The van der Waals surface area contributed by atoms with Gasteiger partial charge in [-0.05, 0) is 31.9 Å². The highest BCUT2D eigenvalue weighted by Crippen LogP contribution is 2.38. The van der Waals surface area contributed by atoms with Gasteiger partial charge in [0.1, 0.15) is 5.60 Å². The van der Waals surface area contributed by atoms with Crippen LogP contribution in [0.25, 0.3) is 0 Å². The highest BCUT2D eigenvalue weighted by Gasteiger charge is 2.48. The number of allylic oxidation sites excluding steroid dienone is 2. The second-order valence-corrected chi connectivity index (χ2v) is 5.47. The molecule has 102 valence electrons. The predicted molar refractivity (Wildman–Crippen MR) is 73.4 cm³/mol. The van der Waals surface area contributed by atoms with Crippen molar-refractivity contribution in [1.82, 2.24) is 5.32 Å². The molecule has 2 heterocycles. The van der Waals surface area contributed by atoms with Crippen LogP contribution in [0.5, 0.6) is 0 Å². The molecule has 2 fully saturated rings. The van der Waals surface area contributed by atoms with Gasteiger partial charge >= 0.3 is 0 Å². The average molecular weight is 251 g/mol. The third-order valence-electron chi connectivity index (χ3n) is 3.83. The molecule has 0 radical (unpaired) electrons. The van der Waals surface area contributed by atoms with Gasteiger partial charge in [0, 0.05) is 18.5 Å². The summed E-state index contributed by atoms with van der Waals surface area (Å²) in [6.45, 7) is 10.9. The van der Waals surface area contributed by atoms with Crippen LogP contribution < -0.4 is 5.32 Å². The maximum atomic E-state index is 6.02. The van der Waals surface area contributed by atoms with Gasteiger partial charge in [0.25, 0.3) is 0 Å². The van der Waals surface area contributed by atoms with Crippen LogP contribution in [0.15, 0.2) is 23.5 Å². The monoisotopic (exact) mass is 251 g/mol. The summed E-state index contributed by atoms with van der Waals surface area (Å²) in [5, 5.41) is 3.51. The van der Waals surface area contributed by atoms with E-state index in [2.05, 4.69) is 38.2 Å². The number of hydrogen-bond donors (Lipinski definition) is 1. The summed E-state index contributed by atoms with van der Waals surface area (Å²) >= 11 is 0. The van der Waals surface area contributed by atoms with Crippen molar-refractivity contribution >= 4 is 0 Å². The Bertz CT molecular complexity index is 350. The molecule has 0 amide bonds. The summed E-state index contributed by atoms with van der Waals surface area (Å²) in [4.78, 5) is 0. The number of hydrogen-bond acceptors (Lipinski definition) is 3. The Morgan fingerprint density at radius 2 is 2.33 bits per heavy atom. The lowest BCUT2D eigenvalue weighted by atomic mass is 9.90. The maximum Gasteiger partial charge on any atom is 0.107 e. The van der Waals surface area contributed by atoms with Crippen LogP contribution in [-0.4, -0.2) is 31.4 Å². The molecule has 18 heavy (non-hydrogen) atoms. The first-order chi connectivity index (χ1) is 8.61. The second kappa shape index (κ2) is 5.45. The Labute approximate surface area is 110 Å². The van der Waals surface area contributed by atoms with Crippen molar-refractivity contribution in [3.05, 3.63) is 23.5 Å². The van der Waals surface area contributed by atoms with Crippen molar-refractivity contribution < 1.29 is 9.47 Å². The van der Waals surface area contributed by atoms with Gasteiger partial charge in [-0.15, -0.1) is 0 Å². The topological polar surface area (TPSA) is 30.5 Å². The largest absolute Gasteiger partial charge is 0.498 e. The zero-order chi connectivity index (χ0) is 13.2. The molecule has 2 rings (SSSR count). The number of fused-ring (bicyclic) bond motifs is 2. The number of nitrogens with one attached hydrogen (secondary N) is 1. The van der Waals surface area contributed by atoms with E-state index in [1.54, 1.807) is 0 Å². The molecule has 0 aromatic heterocycles. The van der Waals surface area contributed by atoms with Crippen LogP contribution in [-0.2, 0) is 9.47 Å². The van der Waals surface area contributed by atoms with Gasteiger partial charge in [-0.25, -0.2) is 0 Å². The highest BCUT2D eigenvalue weighted by atomic mass is 16.5. The quantitative estimate of drug-likeness (QED) is 0.602. The highest BCUT2D eigenvalue weighted by molar-refractivity contribution is 5.35. The SMILES string of the molecule is C/C=C(\C=C(\OCC)C(C)C)C12CNC(CO1)C2. The first-order valence-electron chi connectivity index (χ1n) is 7.00. The Kier molecular flexibility index (Phi) is 4.13. The van der Waals surface area contributed by atoms with Gasteiger partial charge in [0.05, 0.1) is 19.0 Å². The standard InChI is InChI=1S/C15H25NO2/c1-5-12(7-14(11(3)4)17-6-2)15-8-13(9-18-15)16-10-15/h5,7,11,13,16H,6,8-10H2,1-4H3/b12-5+,14-7+. The summed E-state index contributed by atoms with van der Waals surface area (Å²) in [5.74, 6) is 1.46. The minimum Gasteiger partial charge on any atom is -0.498 e. The van der Waals surface area contributed by atoms with Gasteiger partial charge in [0.2, 0.25) is 0 Å². The van der Waals surface area contributed by atoms with Crippen LogP contribution in [0.1, 0.15) is 34.1 Å². The van der Waals surface area contributed by atoms with Crippen molar-refractivity contribution in [1.29, 1.82) is 0 Å². The normalized spacial score (nSPS) is 32.4. The van der Waals surface area contributed by atoms with Gasteiger partial charge in [-0.2, -0.15) is 0 Å². The molecule has 2 unspecified atom stereocenters. The van der Waals surface area contributed by atoms with Crippen LogP contribution in [0.2, 0.25) is 0 Å². The fraction of sp³-hybridized carbons (Fsp3) is 0.733. The third-order valence-corrected chi connectivity index (χ3v) is 3.83. The molecule has 3 heteroatoms. The molecular weight excluding hydrogens is 226 g/mol. The van der Waals surface area contributed by atoms with E-state index < -0.39 is 0 Å². The zero-order valence-corrected chi connectivity index (χ0v) is 12.0. The lowest BCUT2D eigenvalue weighted by Gasteiger charge is -2.29. The van der Waals surface area contributed by atoms with E-state index in [-0.39, 0.29) is 5.60 Å². The Hall–Kier alpha value is -0.800. The summed E-state index contributed by atoms with van der Waals surface area (Å²) in [6.07, 6.45) is 5.43. The van der Waals surface area contributed by atoms with Crippen molar-refractivity contribution in [2.75, 3.05) is 19.8 Å². The molecule has 0 aromatic carbocycles. The van der Waals surface area contributed by atoms with Gasteiger partial charge in [-0.3, -0.25) is 0 Å². The zero-order valence-electron chi connectivity index (χ0n) is 12.0. The number of rotatable bonds is 5. The Morgan fingerprint density at radius 3 is 2.72 bits per heavy atom. The molecule has 2 aliphatic heterocycles. The molecule has 0 aromatic rings. The smallest absolute Gasteiger partial charge is 0.107 e. The summed E-state index contributed by atoms with van der Waals surface area (Å²) in [6, 6.07) is 0.531. The predicted octanol–water partition coefficient (Wildman–Crippen LogP) is 2.64. The lowest BCUT2D eigenvalue weighted by molar-refractivity contribution is 0.0244. The fourth-order valence-electron chi connectivity index (χ4n) is 2.82. The maximum absolute atomic E-state index is 6.02. The van der Waals surface area contributed by atoms with Crippen molar-refractivity contribution in [3.8, 4) is 0 Å². The molecular formula is C15H25NO2. The lowest BCUT2D eigenvalue weighted by Crippen LogP contribution is -2.40. The van der Waals surface area contributed by atoms with Crippen LogP contribution >= 0.6 is 0 Å². The minimum atomic E-state index is -0.114. The fourth-order valence-corrected chi connectivity index (χ4v) is 2.82. The van der Waals surface area contributed by atoms with E-state index in [0.717, 1.165) is 31.9 Å². The van der Waals surface area contributed by atoms with E-state index in [4.69, 9.17) is 9.47 Å². The average Bonchev–Trinajstić information content (AvgIpc) is 2.95. The molecule has 2 bridgehead atoms.